The van der Waals surface area contributed by atoms with E-state index < -0.39 is 24.1 Å². The number of benzene rings is 1. The number of carbonyl (C=O) groups excluding carboxylic acids is 2. The van der Waals surface area contributed by atoms with Crippen molar-refractivity contribution in [2.45, 2.75) is 32.7 Å². The van der Waals surface area contributed by atoms with Crippen LogP contribution in [-0.4, -0.2) is 42.5 Å². The van der Waals surface area contributed by atoms with Gasteiger partial charge in [0.05, 0.1) is 19.8 Å². The Balaban J connectivity index is 2.72. The van der Waals surface area contributed by atoms with Gasteiger partial charge in [-0.25, -0.2) is 9.59 Å². The van der Waals surface area contributed by atoms with Gasteiger partial charge in [0.25, 0.3) is 0 Å². The van der Waals surface area contributed by atoms with Crippen molar-refractivity contribution in [1.29, 1.82) is 0 Å². The highest BCUT2D eigenvalue weighted by atomic mass is 16.6. The zero-order valence-corrected chi connectivity index (χ0v) is 12.2. The Labute approximate surface area is 123 Å². The molecule has 0 heterocycles. The van der Waals surface area contributed by atoms with Crippen molar-refractivity contribution >= 4 is 11.9 Å². The number of hydrogen-bond donors (Lipinski definition) is 1. The number of ether oxygens (including phenoxy) is 3. The van der Waals surface area contributed by atoms with E-state index >= 15 is 0 Å². The minimum Gasteiger partial charge on any atom is -0.464 e. The smallest absolute Gasteiger partial charge is 0.338 e. The molecule has 116 valence electrons. The van der Waals surface area contributed by atoms with E-state index in [9.17, 15) is 14.7 Å². The van der Waals surface area contributed by atoms with Crippen LogP contribution in [0.25, 0.3) is 0 Å². The van der Waals surface area contributed by atoms with Gasteiger partial charge in [-0.1, -0.05) is 30.3 Å². The Morgan fingerprint density at radius 3 is 2.19 bits per heavy atom. The predicted octanol–water partition coefficient (Wildman–Crippen LogP) is 1.06. The van der Waals surface area contributed by atoms with Crippen LogP contribution in [-0.2, 0) is 30.4 Å². The lowest BCUT2D eigenvalue weighted by Crippen LogP contribution is -2.43. The van der Waals surface area contributed by atoms with Crippen LogP contribution in [0.5, 0.6) is 0 Å². The van der Waals surface area contributed by atoms with Crippen molar-refractivity contribution in [3.63, 3.8) is 0 Å². The zero-order valence-electron chi connectivity index (χ0n) is 12.2. The summed E-state index contributed by atoms with van der Waals surface area (Å²) < 4.78 is 14.8. The molecular weight excluding hydrogens is 276 g/mol. The maximum Gasteiger partial charge on any atom is 0.338 e. The van der Waals surface area contributed by atoms with E-state index in [-0.39, 0.29) is 19.8 Å². The Hall–Kier alpha value is -1.92. The van der Waals surface area contributed by atoms with E-state index in [1.807, 2.05) is 18.2 Å². The first-order valence-corrected chi connectivity index (χ1v) is 6.77. The second kappa shape index (κ2) is 9.10. The van der Waals surface area contributed by atoms with Gasteiger partial charge in [-0.15, -0.1) is 0 Å². The van der Waals surface area contributed by atoms with Crippen LogP contribution in [0.15, 0.2) is 30.3 Å². The summed E-state index contributed by atoms with van der Waals surface area (Å²) in [5.74, 6) is -1.71. The molecule has 6 heteroatoms. The summed E-state index contributed by atoms with van der Waals surface area (Å²) in [4.78, 5) is 23.3. The average molecular weight is 296 g/mol. The average Bonchev–Trinajstić information content (AvgIpc) is 2.49. The van der Waals surface area contributed by atoms with Gasteiger partial charge in [0.1, 0.15) is 0 Å². The monoisotopic (exact) mass is 296 g/mol. The summed E-state index contributed by atoms with van der Waals surface area (Å²) in [5.41, 5.74) is 0.808. The molecule has 0 amide bonds. The van der Waals surface area contributed by atoms with Gasteiger partial charge in [-0.3, -0.25) is 0 Å². The van der Waals surface area contributed by atoms with Crippen LogP contribution in [0.1, 0.15) is 19.4 Å². The highest BCUT2D eigenvalue weighted by molar-refractivity contribution is 5.85. The molecule has 0 fully saturated rings. The summed E-state index contributed by atoms with van der Waals surface area (Å²) in [6, 6.07) is 9.09. The normalized spacial score (nSPS) is 13.3. The maximum absolute atomic E-state index is 11.8. The molecule has 0 aliphatic carbocycles. The Morgan fingerprint density at radius 2 is 1.62 bits per heavy atom. The fourth-order valence-corrected chi connectivity index (χ4v) is 1.62. The molecule has 0 bridgehead atoms. The molecule has 0 aliphatic rings. The summed E-state index contributed by atoms with van der Waals surface area (Å²) in [5, 5.41) is 9.88. The lowest BCUT2D eigenvalue weighted by atomic mass is 10.2. The molecule has 0 aliphatic heterocycles. The van der Waals surface area contributed by atoms with Gasteiger partial charge in [0.2, 0.25) is 0 Å². The van der Waals surface area contributed by atoms with Gasteiger partial charge in [0, 0.05) is 0 Å². The molecule has 0 spiro atoms. The largest absolute Gasteiger partial charge is 0.464 e. The van der Waals surface area contributed by atoms with Gasteiger partial charge >= 0.3 is 11.9 Å². The van der Waals surface area contributed by atoms with E-state index in [1.165, 1.54) is 0 Å². The quantitative estimate of drug-likeness (QED) is 0.722. The fourth-order valence-electron chi connectivity index (χ4n) is 1.62. The van der Waals surface area contributed by atoms with Gasteiger partial charge < -0.3 is 19.3 Å². The third kappa shape index (κ3) is 5.53. The fraction of sp³-hybridized carbons (Fsp3) is 0.467. The molecule has 1 N–H and O–H groups in total. The highest BCUT2D eigenvalue weighted by Crippen LogP contribution is 2.10. The standard InChI is InChI=1S/C15H20O6/c1-3-19-14(17)12(16)13(15(18)20-4-2)21-10-11-8-6-5-7-9-11/h5-9,12-13,16H,3-4,10H2,1-2H3/t12-,13-/m1/s1. The van der Waals surface area contributed by atoms with E-state index in [0.717, 1.165) is 5.56 Å². The van der Waals surface area contributed by atoms with Crippen LogP contribution in [0.4, 0.5) is 0 Å². The van der Waals surface area contributed by atoms with Crippen molar-refractivity contribution in [3.8, 4) is 0 Å². The van der Waals surface area contributed by atoms with Crippen LogP contribution < -0.4 is 0 Å². The van der Waals surface area contributed by atoms with Crippen LogP contribution in [0.2, 0.25) is 0 Å². The number of rotatable bonds is 8. The lowest BCUT2D eigenvalue weighted by Gasteiger charge is -2.20. The van der Waals surface area contributed by atoms with Crippen molar-refractivity contribution < 1.29 is 28.9 Å². The Kier molecular flexibility index (Phi) is 7.42. The van der Waals surface area contributed by atoms with E-state index in [1.54, 1.807) is 26.0 Å². The molecule has 0 saturated heterocycles. The molecule has 21 heavy (non-hydrogen) atoms. The van der Waals surface area contributed by atoms with Crippen molar-refractivity contribution in [3.05, 3.63) is 35.9 Å². The molecule has 1 rings (SSSR count). The number of aliphatic hydroxyl groups excluding tert-OH is 1. The first-order valence-electron chi connectivity index (χ1n) is 6.77. The molecule has 0 aromatic heterocycles. The summed E-state index contributed by atoms with van der Waals surface area (Å²) in [7, 11) is 0. The summed E-state index contributed by atoms with van der Waals surface area (Å²) in [6.07, 6.45) is -3.13. The minimum absolute atomic E-state index is 0.0702. The second-order valence-corrected chi connectivity index (χ2v) is 4.17. The number of carbonyl (C=O) groups is 2. The third-order valence-electron chi connectivity index (χ3n) is 2.61. The summed E-state index contributed by atoms with van der Waals surface area (Å²) in [6.45, 7) is 3.53. The molecule has 0 saturated carbocycles. The summed E-state index contributed by atoms with van der Waals surface area (Å²) >= 11 is 0. The second-order valence-electron chi connectivity index (χ2n) is 4.17. The first kappa shape index (κ1) is 17.1. The maximum atomic E-state index is 11.8. The topological polar surface area (TPSA) is 82.1 Å². The van der Waals surface area contributed by atoms with Crippen LogP contribution in [0.3, 0.4) is 0 Å². The Bertz CT molecular complexity index is 445. The zero-order chi connectivity index (χ0) is 15.7. The molecule has 0 unspecified atom stereocenters. The number of aliphatic hydroxyl groups is 1. The Morgan fingerprint density at radius 1 is 1.05 bits per heavy atom. The SMILES string of the molecule is CCOC(=O)[C@H](O)[C@@H](OCc1ccccc1)C(=O)OCC. The lowest BCUT2D eigenvalue weighted by molar-refractivity contribution is -0.178. The highest BCUT2D eigenvalue weighted by Gasteiger charge is 2.35. The molecule has 2 atom stereocenters. The van der Waals surface area contributed by atoms with Crippen LogP contribution >= 0.6 is 0 Å². The van der Waals surface area contributed by atoms with Gasteiger partial charge in [-0.2, -0.15) is 0 Å². The van der Waals surface area contributed by atoms with E-state index in [4.69, 9.17) is 9.47 Å². The van der Waals surface area contributed by atoms with E-state index in [0.29, 0.717) is 0 Å². The molecule has 0 radical (unpaired) electrons. The van der Waals surface area contributed by atoms with E-state index in [2.05, 4.69) is 4.74 Å². The third-order valence-corrected chi connectivity index (χ3v) is 2.61. The van der Waals surface area contributed by atoms with Crippen molar-refractivity contribution in [2.24, 2.45) is 0 Å². The first-order chi connectivity index (χ1) is 10.1. The van der Waals surface area contributed by atoms with Crippen LogP contribution in [0, 0.1) is 0 Å². The number of hydrogen-bond acceptors (Lipinski definition) is 6. The minimum atomic E-state index is -1.72. The van der Waals surface area contributed by atoms with Gasteiger partial charge in [0.15, 0.2) is 12.2 Å². The predicted molar refractivity (Wildman–Crippen MR) is 74.3 cm³/mol. The molecule has 6 nitrogen and oxygen atoms in total. The molecular formula is C15H20O6. The number of esters is 2. The van der Waals surface area contributed by atoms with Gasteiger partial charge in [-0.05, 0) is 19.4 Å². The van der Waals surface area contributed by atoms with Crippen molar-refractivity contribution in [1.82, 2.24) is 0 Å². The molecule has 1 aromatic rings. The molecule has 1 aromatic carbocycles. The van der Waals surface area contributed by atoms with Crippen molar-refractivity contribution in [2.75, 3.05) is 13.2 Å².